The SMILES string of the molecule is O=C(O)C1CCC(CNc2cc(Br)ccc2[N+](=O)[O-])O1. The van der Waals surface area contributed by atoms with Gasteiger partial charge < -0.3 is 15.2 Å². The van der Waals surface area contributed by atoms with Crippen molar-refractivity contribution in [3.63, 3.8) is 0 Å². The maximum atomic E-state index is 10.9. The maximum Gasteiger partial charge on any atom is 0.332 e. The standard InChI is InChI=1S/C12H13BrN2O5/c13-7-1-3-10(15(18)19)9(5-7)14-6-8-2-4-11(20-8)12(16)17/h1,3,5,8,11,14H,2,4,6H2,(H,16,17). The van der Waals surface area contributed by atoms with E-state index in [-0.39, 0.29) is 11.8 Å². The number of nitro groups is 1. The number of carbonyl (C=O) groups is 1. The van der Waals surface area contributed by atoms with E-state index in [4.69, 9.17) is 9.84 Å². The first-order valence-corrected chi connectivity index (χ1v) is 6.82. The van der Waals surface area contributed by atoms with Crippen molar-refractivity contribution < 1.29 is 19.6 Å². The number of rotatable bonds is 5. The number of carboxylic acids is 1. The lowest BCUT2D eigenvalue weighted by Crippen LogP contribution is -2.24. The molecule has 1 aromatic carbocycles. The molecule has 1 aromatic rings. The molecule has 2 unspecified atom stereocenters. The van der Waals surface area contributed by atoms with Gasteiger partial charge in [-0.1, -0.05) is 15.9 Å². The maximum absolute atomic E-state index is 10.9. The normalized spacial score (nSPS) is 21.6. The molecule has 2 atom stereocenters. The molecule has 0 aromatic heterocycles. The average molecular weight is 345 g/mol. The van der Waals surface area contributed by atoms with Crippen LogP contribution in [-0.2, 0) is 9.53 Å². The zero-order valence-corrected chi connectivity index (χ0v) is 12.0. The van der Waals surface area contributed by atoms with Gasteiger partial charge in [0.1, 0.15) is 5.69 Å². The summed E-state index contributed by atoms with van der Waals surface area (Å²) in [6.07, 6.45) is 0.0441. The number of aliphatic carboxylic acids is 1. The topological polar surface area (TPSA) is 102 Å². The second-order valence-electron chi connectivity index (χ2n) is 4.46. The third kappa shape index (κ3) is 3.45. The van der Waals surface area contributed by atoms with Crippen LogP contribution in [0.15, 0.2) is 22.7 Å². The van der Waals surface area contributed by atoms with Crippen molar-refractivity contribution in [2.45, 2.75) is 25.0 Å². The Balaban J connectivity index is 1.99. The molecule has 108 valence electrons. The molecule has 2 rings (SSSR count). The lowest BCUT2D eigenvalue weighted by molar-refractivity contribution is -0.384. The highest BCUT2D eigenvalue weighted by Crippen LogP contribution is 2.28. The fourth-order valence-electron chi connectivity index (χ4n) is 2.07. The molecule has 0 radical (unpaired) electrons. The summed E-state index contributed by atoms with van der Waals surface area (Å²) in [5.41, 5.74) is 0.354. The minimum atomic E-state index is -0.971. The summed E-state index contributed by atoms with van der Waals surface area (Å²) in [5, 5.41) is 22.7. The first-order chi connectivity index (χ1) is 9.47. The van der Waals surface area contributed by atoms with Crippen LogP contribution in [0, 0.1) is 10.1 Å². The number of hydrogen-bond acceptors (Lipinski definition) is 5. The zero-order chi connectivity index (χ0) is 14.7. The molecule has 1 aliphatic rings. The fraction of sp³-hybridized carbons (Fsp3) is 0.417. The molecule has 1 heterocycles. The summed E-state index contributed by atoms with van der Waals surface area (Å²) >= 11 is 3.26. The number of benzene rings is 1. The van der Waals surface area contributed by atoms with E-state index < -0.39 is 17.0 Å². The highest BCUT2D eigenvalue weighted by Gasteiger charge is 2.30. The Morgan fingerprint density at radius 1 is 1.55 bits per heavy atom. The Morgan fingerprint density at radius 3 is 2.90 bits per heavy atom. The monoisotopic (exact) mass is 344 g/mol. The molecule has 7 nitrogen and oxygen atoms in total. The molecule has 1 saturated heterocycles. The first-order valence-electron chi connectivity index (χ1n) is 6.03. The van der Waals surface area contributed by atoms with E-state index in [1.165, 1.54) is 6.07 Å². The summed E-state index contributed by atoms with van der Waals surface area (Å²) in [6, 6.07) is 4.61. The van der Waals surface area contributed by atoms with E-state index in [0.717, 1.165) is 4.47 Å². The number of nitrogens with zero attached hydrogens (tertiary/aromatic N) is 1. The van der Waals surface area contributed by atoms with Gasteiger partial charge in [0.25, 0.3) is 5.69 Å². The van der Waals surface area contributed by atoms with Crippen molar-refractivity contribution in [2.24, 2.45) is 0 Å². The number of halogens is 1. The van der Waals surface area contributed by atoms with Crippen molar-refractivity contribution in [1.82, 2.24) is 0 Å². The predicted octanol–water partition coefficient (Wildman–Crippen LogP) is 2.40. The quantitative estimate of drug-likeness (QED) is 0.628. The average Bonchev–Trinajstić information content (AvgIpc) is 2.85. The third-order valence-electron chi connectivity index (χ3n) is 3.06. The van der Waals surface area contributed by atoms with Gasteiger partial charge in [-0.05, 0) is 25.0 Å². The summed E-state index contributed by atoms with van der Waals surface area (Å²) in [5.74, 6) is -0.971. The van der Waals surface area contributed by atoms with Gasteiger partial charge in [-0.3, -0.25) is 10.1 Å². The number of ether oxygens (including phenoxy) is 1. The van der Waals surface area contributed by atoms with E-state index >= 15 is 0 Å². The molecule has 0 saturated carbocycles. The molecule has 20 heavy (non-hydrogen) atoms. The molecular formula is C12H13BrN2O5. The van der Waals surface area contributed by atoms with Crippen molar-refractivity contribution in [2.75, 3.05) is 11.9 Å². The third-order valence-corrected chi connectivity index (χ3v) is 3.55. The number of nitrogens with one attached hydrogen (secondary N) is 1. The van der Waals surface area contributed by atoms with Gasteiger partial charge >= 0.3 is 5.97 Å². The predicted molar refractivity (Wildman–Crippen MR) is 74.8 cm³/mol. The molecular weight excluding hydrogens is 332 g/mol. The molecule has 0 amide bonds. The molecule has 8 heteroatoms. The molecule has 0 aliphatic carbocycles. The molecule has 1 fully saturated rings. The lowest BCUT2D eigenvalue weighted by atomic mass is 10.2. The minimum absolute atomic E-state index is 0.0269. The lowest BCUT2D eigenvalue weighted by Gasteiger charge is -2.13. The van der Waals surface area contributed by atoms with Crippen LogP contribution in [-0.4, -0.2) is 34.8 Å². The van der Waals surface area contributed by atoms with Crippen molar-refractivity contribution in [1.29, 1.82) is 0 Å². The summed E-state index contributed by atoms with van der Waals surface area (Å²) in [6.45, 7) is 0.334. The summed E-state index contributed by atoms with van der Waals surface area (Å²) in [7, 11) is 0. The highest BCUT2D eigenvalue weighted by molar-refractivity contribution is 9.10. The first kappa shape index (κ1) is 14.7. The number of nitro benzene ring substituents is 1. The number of anilines is 1. The van der Waals surface area contributed by atoms with Crippen LogP contribution >= 0.6 is 15.9 Å². The van der Waals surface area contributed by atoms with Crippen LogP contribution < -0.4 is 5.32 Å². The second kappa shape index (κ2) is 6.19. The Hall–Kier alpha value is -1.67. The largest absolute Gasteiger partial charge is 0.479 e. The highest BCUT2D eigenvalue weighted by atomic mass is 79.9. The van der Waals surface area contributed by atoms with Gasteiger partial charge in [0, 0.05) is 17.1 Å². The fourth-order valence-corrected chi connectivity index (χ4v) is 2.43. The summed E-state index contributed by atoms with van der Waals surface area (Å²) < 4.78 is 6.06. The van der Waals surface area contributed by atoms with Gasteiger partial charge in [0.15, 0.2) is 6.10 Å². The van der Waals surface area contributed by atoms with Crippen LogP contribution in [0.2, 0.25) is 0 Å². The molecule has 2 N–H and O–H groups in total. The van der Waals surface area contributed by atoms with Crippen LogP contribution in [0.25, 0.3) is 0 Å². The van der Waals surface area contributed by atoms with Gasteiger partial charge in [-0.25, -0.2) is 4.79 Å². The van der Waals surface area contributed by atoms with Gasteiger partial charge in [0.2, 0.25) is 0 Å². The van der Waals surface area contributed by atoms with Crippen LogP contribution in [0.1, 0.15) is 12.8 Å². The second-order valence-corrected chi connectivity index (χ2v) is 5.38. The number of carboxylic acid groups (broad SMARTS) is 1. The Morgan fingerprint density at radius 2 is 2.30 bits per heavy atom. The Bertz CT molecular complexity index is 537. The minimum Gasteiger partial charge on any atom is -0.479 e. The zero-order valence-electron chi connectivity index (χ0n) is 10.4. The van der Waals surface area contributed by atoms with E-state index in [9.17, 15) is 14.9 Å². The van der Waals surface area contributed by atoms with E-state index in [2.05, 4.69) is 21.2 Å². The summed E-state index contributed by atoms with van der Waals surface area (Å²) in [4.78, 5) is 21.2. The Labute approximate surface area is 123 Å². The van der Waals surface area contributed by atoms with Crippen molar-refractivity contribution in [3.05, 3.63) is 32.8 Å². The van der Waals surface area contributed by atoms with E-state index in [1.54, 1.807) is 12.1 Å². The molecule has 0 bridgehead atoms. The van der Waals surface area contributed by atoms with Crippen LogP contribution in [0.3, 0.4) is 0 Å². The van der Waals surface area contributed by atoms with Crippen LogP contribution in [0.5, 0.6) is 0 Å². The van der Waals surface area contributed by atoms with Gasteiger partial charge in [-0.2, -0.15) is 0 Å². The van der Waals surface area contributed by atoms with Crippen molar-refractivity contribution in [3.8, 4) is 0 Å². The molecule has 1 aliphatic heterocycles. The van der Waals surface area contributed by atoms with E-state index in [1.807, 2.05) is 0 Å². The van der Waals surface area contributed by atoms with Gasteiger partial charge in [0.05, 0.1) is 11.0 Å². The molecule has 0 spiro atoms. The van der Waals surface area contributed by atoms with E-state index in [0.29, 0.717) is 25.1 Å². The smallest absolute Gasteiger partial charge is 0.332 e. The van der Waals surface area contributed by atoms with Crippen LogP contribution in [0.4, 0.5) is 11.4 Å². The Kier molecular flexibility index (Phi) is 4.56. The van der Waals surface area contributed by atoms with Gasteiger partial charge in [-0.15, -0.1) is 0 Å². The number of hydrogen-bond donors (Lipinski definition) is 2. The van der Waals surface area contributed by atoms with Crippen molar-refractivity contribution >= 4 is 33.3 Å².